The Morgan fingerprint density at radius 1 is 1.59 bits per heavy atom. The molecular weight excluding hydrogens is 383 g/mol. The zero-order valence-electron chi connectivity index (χ0n) is 14.5. The van der Waals surface area contributed by atoms with E-state index < -0.39 is 48.1 Å². The lowest BCUT2D eigenvalue weighted by Gasteiger charge is -2.27. The van der Waals surface area contributed by atoms with Gasteiger partial charge in [0.1, 0.15) is 29.0 Å². The van der Waals surface area contributed by atoms with Crippen LogP contribution in [-0.2, 0) is 20.0 Å². The molecule has 1 fully saturated rings. The molecule has 5 N–H and O–H groups in total. The molecule has 1 saturated heterocycles. The second-order valence-electron chi connectivity index (χ2n) is 6.44. The van der Waals surface area contributed by atoms with Gasteiger partial charge in [0.25, 0.3) is 11.6 Å². The van der Waals surface area contributed by atoms with Gasteiger partial charge in [-0.05, 0) is 12.0 Å². The number of alkyl halides is 1. The Kier molecular flexibility index (Phi) is 5.83. The minimum Gasteiger partial charge on any atom is -0.458 e. The number of esters is 1. The highest BCUT2D eigenvalue weighted by atomic mass is 32.1. The Labute approximate surface area is 157 Å². The number of aliphatic hydroxyl groups excluding tert-OH is 2. The molecule has 2 rings (SSSR count). The molecule has 10 nitrogen and oxygen atoms in total. The first-order valence-corrected chi connectivity index (χ1v) is 8.30. The summed E-state index contributed by atoms with van der Waals surface area (Å²) in [5.41, 5.74) is 2.01. The SMILES string of the molecule is CC(C)[C@H](N)C(=O)OC[C@@]1(F)O[C@@](C#N)(n2ccc(=S)[nH]c2=O)[C@H](O)[C@@H]1O. The van der Waals surface area contributed by atoms with Crippen LogP contribution in [0.2, 0.25) is 0 Å². The van der Waals surface area contributed by atoms with Crippen molar-refractivity contribution in [2.45, 2.75) is 43.7 Å². The molecule has 0 saturated carbocycles. The van der Waals surface area contributed by atoms with E-state index in [2.05, 4.69) is 4.98 Å². The van der Waals surface area contributed by atoms with E-state index in [1.54, 1.807) is 13.8 Å². The summed E-state index contributed by atoms with van der Waals surface area (Å²) in [6.07, 6.45) is -3.46. The van der Waals surface area contributed by atoms with Crippen LogP contribution in [0.1, 0.15) is 13.8 Å². The predicted molar refractivity (Wildman–Crippen MR) is 90.2 cm³/mol. The van der Waals surface area contributed by atoms with Gasteiger partial charge in [-0.15, -0.1) is 0 Å². The first-order chi connectivity index (χ1) is 12.5. The van der Waals surface area contributed by atoms with Crippen LogP contribution in [0.3, 0.4) is 0 Å². The van der Waals surface area contributed by atoms with Crippen LogP contribution in [0.5, 0.6) is 0 Å². The van der Waals surface area contributed by atoms with Gasteiger partial charge in [0, 0.05) is 6.20 Å². The summed E-state index contributed by atoms with van der Waals surface area (Å²) in [6.45, 7) is 2.15. The minimum atomic E-state index is -3.16. The maximum atomic E-state index is 15.1. The van der Waals surface area contributed by atoms with E-state index in [-0.39, 0.29) is 10.6 Å². The number of carbonyl (C=O) groups is 1. The number of aliphatic hydroxyl groups is 2. The van der Waals surface area contributed by atoms with Gasteiger partial charge in [-0.2, -0.15) is 5.26 Å². The van der Waals surface area contributed by atoms with Crippen molar-refractivity contribution < 1.29 is 28.9 Å². The van der Waals surface area contributed by atoms with Crippen LogP contribution in [0.25, 0.3) is 0 Å². The highest BCUT2D eigenvalue weighted by Crippen LogP contribution is 2.42. The van der Waals surface area contributed by atoms with E-state index in [1.165, 1.54) is 12.1 Å². The minimum absolute atomic E-state index is 0.0282. The summed E-state index contributed by atoms with van der Waals surface area (Å²) >= 11 is 4.77. The van der Waals surface area contributed by atoms with Gasteiger partial charge < -0.3 is 20.7 Å². The molecule has 0 aromatic carbocycles. The number of aromatic amines is 1. The van der Waals surface area contributed by atoms with E-state index in [9.17, 15) is 25.1 Å². The summed E-state index contributed by atoms with van der Waals surface area (Å²) in [5, 5.41) is 29.8. The van der Waals surface area contributed by atoms with Crippen LogP contribution < -0.4 is 11.4 Å². The molecule has 0 aliphatic carbocycles. The van der Waals surface area contributed by atoms with Gasteiger partial charge in [0.05, 0.1) is 0 Å². The Bertz CT molecular complexity index is 882. The Hall–Kier alpha value is -2.17. The van der Waals surface area contributed by atoms with Crippen LogP contribution in [0.4, 0.5) is 4.39 Å². The number of H-pyrrole nitrogens is 1. The van der Waals surface area contributed by atoms with Gasteiger partial charge in [0.15, 0.2) is 6.61 Å². The number of nitrogens with zero attached hydrogens (tertiary/aromatic N) is 2. The molecule has 12 heteroatoms. The second kappa shape index (κ2) is 7.45. The van der Waals surface area contributed by atoms with Crippen LogP contribution >= 0.6 is 12.2 Å². The average molecular weight is 402 g/mol. The quantitative estimate of drug-likeness (QED) is 0.358. The molecule has 0 amide bonds. The van der Waals surface area contributed by atoms with E-state index in [4.69, 9.17) is 27.4 Å². The summed E-state index contributed by atoms with van der Waals surface area (Å²) in [5.74, 6) is -4.41. The van der Waals surface area contributed by atoms with E-state index >= 15 is 4.39 Å². The number of nitrogens with two attached hydrogens (primary N) is 1. The highest BCUT2D eigenvalue weighted by Gasteiger charge is 2.66. The maximum Gasteiger partial charge on any atom is 0.329 e. The lowest BCUT2D eigenvalue weighted by atomic mass is 10.0. The number of rotatable bonds is 5. The number of hydrogen-bond acceptors (Lipinski definition) is 9. The van der Waals surface area contributed by atoms with Crippen molar-refractivity contribution in [3.05, 3.63) is 27.4 Å². The van der Waals surface area contributed by atoms with Crippen molar-refractivity contribution in [1.82, 2.24) is 9.55 Å². The Morgan fingerprint density at radius 2 is 2.22 bits per heavy atom. The van der Waals surface area contributed by atoms with E-state index in [0.717, 1.165) is 6.20 Å². The van der Waals surface area contributed by atoms with Crippen LogP contribution in [0, 0.1) is 21.9 Å². The molecule has 0 radical (unpaired) electrons. The van der Waals surface area contributed by atoms with Crippen molar-refractivity contribution in [2.75, 3.05) is 6.61 Å². The number of aromatic nitrogens is 2. The molecule has 148 valence electrons. The Balaban J connectivity index is 2.35. The lowest BCUT2D eigenvalue weighted by Crippen LogP contribution is -2.49. The lowest BCUT2D eigenvalue weighted by molar-refractivity contribution is -0.234. The molecule has 2 heterocycles. The molecule has 0 bridgehead atoms. The van der Waals surface area contributed by atoms with E-state index in [0.29, 0.717) is 4.57 Å². The molecule has 0 unspecified atom stereocenters. The molecule has 1 aliphatic heterocycles. The number of nitriles is 1. The number of carbonyl (C=O) groups excluding carboxylic acids is 1. The second-order valence-corrected chi connectivity index (χ2v) is 6.88. The number of ether oxygens (including phenoxy) is 2. The van der Waals surface area contributed by atoms with Crippen molar-refractivity contribution >= 4 is 18.2 Å². The monoisotopic (exact) mass is 402 g/mol. The van der Waals surface area contributed by atoms with Gasteiger partial charge in [-0.1, -0.05) is 26.1 Å². The average Bonchev–Trinajstić information content (AvgIpc) is 2.81. The molecule has 1 aliphatic rings. The van der Waals surface area contributed by atoms with Crippen molar-refractivity contribution in [2.24, 2.45) is 11.7 Å². The number of halogens is 1. The molecule has 1 aromatic heterocycles. The fourth-order valence-corrected chi connectivity index (χ4v) is 2.64. The molecular formula is C15H19FN4O6S. The normalized spacial score (nSPS) is 31.5. The smallest absolute Gasteiger partial charge is 0.329 e. The number of nitrogens with one attached hydrogen (secondary N) is 1. The zero-order valence-corrected chi connectivity index (χ0v) is 15.3. The summed E-state index contributed by atoms with van der Waals surface area (Å²) in [6, 6.07) is 1.65. The fraction of sp³-hybridized carbons (Fsp3) is 0.600. The summed E-state index contributed by atoms with van der Waals surface area (Å²) in [7, 11) is 0. The largest absolute Gasteiger partial charge is 0.458 e. The standard InChI is InChI=1S/C15H19FN4O6S/c1-7(2)9(18)12(23)25-6-14(16)10(21)11(22)15(5-17,26-14)20-4-3-8(27)19-13(20)24/h3-4,7,9-11,21-22H,6,18H2,1-2H3,(H,19,24,27)/t9-,10-,11+,14+,15+/m0/s1. The van der Waals surface area contributed by atoms with Gasteiger partial charge in [0.2, 0.25) is 0 Å². The molecule has 1 aromatic rings. The first kappa shape index (κ1) is 21.1. The Morgan fingerprint density at radius 3 is 2.74 bits per heavy atom. The van der Waals surface area contributed by atoms with Crippen molar-refractivity contribution in [3.8, 4) is 6.07 Å². The summed E-state index contributed by atoms with van der Waals surface area (Å²) < 4.78 is 25.4. The van der Waals surface area contributed by atoms with Crippen LogP contribution in [0.15, 0.2) is 17.1 Å². The van der Waals surface area contributed by atoms with Crippen LogP contribution in [-0.4, -0.2) is 56.4 Å². The third kappa shape index (κ3) is 3.64. The van der Waals surface area contributed by atoms with Gasteiger partial charge in [-0.3, -0.25) is 19.1 Å². The third-order valence-electron chi connectivity index (χ3n) is 4.21. The fourth-order valence-electron chi connectivity index (χ4n) is 2.50. The first-order valence-electron chi connectivity index (χ1n) is 7.89. The summed E-state index contributed by atoms with van der Waals surface area (Å²) in [4.78, 5) is 26.1. The van der Waals surface area contributed by atoms with Crippen molar-refractivity contribution in [3.63, 3.8) is 0 Å². The molecule has 0 spiro atoms. The maximum absolute atomic E-state index is 15.1. The van der Waals surface area contributed by atoms with E-state index in [1.807, 2.05) is 0 Å². The number of hydrogen-bond donors (Lipinski definition) is 4. The third-order valence-corrected chi connectivity index (χ3v) is 4.45. The molecule has 27 heavy (non-hydrogen) atoms. The predicted octanol–water partition coefficient (Wildman–Crippen LogP) is -0.973. The van der Waals surface area contributed by atoms with Crippen molar-refractivity contribution in [1.29, 1.82) is 5.26 Å². The molecule has 5 atom stereocenters. The topological polar surface area (TPSA) is 164 Å². The van der Waals surface area contributed by atoms with Gasteiger partial charge in [-0.25, -0.2) is 9.18 Å². The zero-order chi connectivity index (χ0) is 20.6. The van der Waals surface area contributed by atoms with Gasteiger partial charge >= 0.3 is 11.7 Å². The highest BCUT2D eigenvalue weighted by molar-refractivity contribution is 7.71.